The lowest BCUT2D eigenvalue weighted by Crippen LogP contribution is -2.44. The van der Waals surface area contributed by atoms with Gasteiger partial charge in [0.15, 0.2) is 11.5 Å². The number of carbonyl (C=O) groups is 1. The number of nitrogens with zero attached hydrogens (tertiary/aromatic N) is 8. The van der Waals surface area contributed by atoms with Crippen molar-refractivity contribution in [2.24, 2.45) is 0 Å². The highest BCUT2D eigenvalue weighted by molar-refractivity contribution is 5.99. The number of likely N-dealkylation sites (N-methyl/N-ethyl adjacent to an activating group) is 1. The van der Waals surface area contributed by atoms with Gasteiger partial charge in [0.25, 0.3) is 0 Å². The molecule has 45 heavy (non-hydrogen) atoms. The molecule has 7 rings (SSSR count). The standard InChI is InChI=1S/C30H33F3N10O2/c1-40-10-12-41(13-11-40)25-9-6-21(14-34-25)37-29(44)36-20-4-2-19(3-5-20)26-38-27(42-16-22-7-8-23(17-42)45-22)24-15-35-43(28(24)39-26)18-30(31,32)33/h2-6,9,14-15,22-23H,7-8,10-13,16-18H2,1H3,(H2,36,37,44). The van der Waals surface area contributed by atoms with Crippen LogP contribution in [0.2, 0.25) is 0 Å². The second kappa shape index (κ2) is 11.8. The summed E-state index contributed by atoms with van der Waals surface area (Å²) in [6, 6.07) is 10.1. The molecule has 3 aliphatic rings. The zero-order chi connectivity index (χ0) is 31.1. The van der Waals surface area contributed by atoms with Gasteiger partial charge in [-0.25, -0.2) is 24.4 Å². The molecule has 6 heterocycles. The zero-order valence-corrected chi connectivity index (χ0v) is 24.7. The Morgan fingerprint density at radius 1 is 0.911 bits per heavy atom. The van der Waals surface area contributed by atoms with Gasteiger partial charge in [0.05, 0.1) is 35.7 Å². The van der Waals surface area contributed by atoms with Crippen molar-refractivity contribution in [2.75, 3.05) is 66.7 Å². The quantitative estimate of drug-likeness (QED) is 0.326. The molecule has 3 saturated heterocycles. The van der Waals surface area contributed by atoms with Crippen LogP contribution in [0, 0.1) is 0 Å². The molecule has 4 aromatic rings. The summed E-state index contributed by atoms with van der Waals surface area (Å²) in [6.07, 6.45) is 0.572. The third-order valence-corrected chi connectivity index (χ3v) is 8.38. The van der Waals surface area contributed by atoms with E-state index in [4.69, 9.17) is 9.72 Å². The molecule has 3 aliphatic heterocycles. The van der Waals surface area contributed by atoms with Crippen LogP contribution in [0.25, 0.3) is 22.4 Å². The Bertz CT molecular complexity index is 1660. The number of fused-ring (bicyclic) bond motifs is 3. The highest BCUT2D eigenvalue weighted by atomic mass is 19.4. The molecule has 236 valence electrons. The minimum Gasteiger partial charge on any atom is -0.371 e. The summed E-state index contributed by atoms with van der Waals surface area (Å²) in [5, 5.41) is 10.1. The van der Waals surface area contributed by atoms with Crippen LogP contribution in [0.5, 0.6) is 0 Å². The maximum Gasteiger partial charge on any atom is 0.408 e. The van der Waals surface area contributed by atoms with Gasteiger partial charge in [-0.15, -0.1) is 0 Å². The Morgan fingerprint density at radius 3 is 2.27 bits per heavy atom. The van der Waals surface area contributed by atoms with E-state index in [-0.39, 0.29) is 23.7 Å². The maximum atomic E-state index is 13.4. The molecule has 2 amide bonds. The van der Waals surface area contributed by atoms with Crippen molar-refractivity contribution in [3.05, 3.63) is 48.8 Å². The smallest absolute Gasteiger partial charge is 0.371 e. The van der Waals surface area contributed by atoms with E-state index in [1.165, 1.54) is 6.20 Å². The summed E-state index contributed by atoms with van der Waals surface area (Å²) in [7, 11) is 2.10. The highest BCUT2D eigenvalue weighted by Gasteiger charge is 2.36. The van der Waals surface area contributed by atoms with Crippen LogP contribution < -0.4 is 20.4 Å². The fourth-order valence-electron chi connectivity index (χ4n) is 6.06. The molecule has 3 fully saturated rings. The second-order valence-corrected chi connectivity index (χ2v) is 11.7. The number of aromatic nitrogens is 5. The van der Waals surface area contributed by atoms with Gasteiger partial charge in [-0.3, -0.25) is 0 Å². The van der Waals surface area contributed by atoms with Gasteiger partial charge in [0.1, 0.15) is 18.2 Å². The van der Waals surface area contributed by atoms with E-state index < -0.39 is 18.8 Å². The number of piperazine rings is 1. The number of anilines is 4. The lowest BCUT2D eigenvalue weighted by atomic mass is 10.2. The highest BCUT2D eigenvalue weighted by Crippen LogP contribution is 2.34. The number of halogens is 3. The predicted molar refractivity (Wildman–Crippen MR) is 164 cm³/mol. The maximum absolute atomic E-state index is 13.4. The Kier molecular flexibility index (Phi) is 7.65. The number of carbonyl (C=O) groups excluding carboxylic acids is 1. The summed E-state index contributed by atoms with van der Waals surface area (Å²) in [5.74, 6) is 1.68. The first kappa shape index (κ1) is 29.2. The van der Waals surface area contributed by atoms with Crippen LogP contribution in [0.4, 0.5) is 41.0 Å². The Morgan fingerprint density at radius 2 is 1.60 bits per heavy atom. The molecule has 2 bridgehead atoms. The van der Waals surface area contributed by atoms with E-state index >= 15 is 0 Å². The average molecular weight is 623 g/mol. The summed E-state index contributed by atoms with van der Waals surface area (Å²) in [5.41, 5.74) is 1.78. The van der Waals surface area contributed by atoms with Gasteiger partial charge in [-0.2, -0.15) is 18.3 Å². The fraction of sp³-hybridized carbons (Fsp3) is 0.433. The molecule has 1 aromatic carbocycles. The number of rotatable bonds is 6. The molecular formula is C30H33F3N10O2. The number of urea groups is 1. The monoisotopic (exact) mass is 622 g/mol. The van der Waals surface area contributed by atoms with Crippen LogP contribution in [0.15, 0.2) is 48.8 Å². The van der Waals surface area contributed by atoms with Crippen LogP contribution in [0.3, 0.4) is 0 Å². The molecule has 0 spiro atoms. The minimum atomic E-state index is -4.46. The number of hydrogen-bond acceptors (Lipinski definition) is 9. The van der Waals surface area contributed by atoms with Crippen LogP contribution >= 0.6 is 0 Å². The molecule has 3 aromatic heterocycles. The van der Waals surface area contributed by atoms with Crippen LogP contribution in [-0.4, -0.2) is 100 Å². The molecule has 12 nitrogen and oxygen atoms in total. The number of alkyl halides is 3. The van der Waals surface area contributed by atoms with E-state index in [1.54, 1.807) is 30.5 Å². The third kappa shape index (κ3) is 6.49. The summed E-state index contributed by atoms with van der Waals surface area (Å²) in [4.78, 5) is 33.1. The van der Waals surface area contributed by atoms with Gasteiger partial charge < -0.3 is 30.1 Å². The number of nitrogens with one attached hydrogen (secondary N) is 2. The van der Waals surface area contributed by atoms with Crippen molar-refractivity contribution in [3.8, 4) is 11.4 Å². The van der Waals surface area contributed by atoms with Gasteiger partial charge in [-0.1, -0.05) is 0 Å². The SMILES string of the molecule is CN1CCN(c2ccc(NC(=O)Nc3ccc(-c4nc(N5CC6CCC(C5)O6)c5cnn(CC(F)(F)F)c5n4)cc3)cn2)CC1. The van der Waals surface area contributed by atoms with E-state index in [0.717, 1.165) is 49.5 Å². The first-order chi connectivity index (χ1) is 21.7. The molecule has 2 atom stereocenters. The molecule has 2 unspecified atom stereocenters. The van der Waals surface area contributed by atoms with Crippen LogP contribution in [-0.2, 0) is 11.3 Å². The third-order valence-electron chi connectivity index (χ3n) is 8.38. The average Bonchev–Trinajstić information content (AvgIpc) is 3.58. The second-order valence-electron chi connectivity index (χ2n) is 11.7. The lowest BCUT2D eigenvalue weighted by Gasteiger charge is -2.33. The van der Waals surface area contributed by atoms with E-state index in [1.807, 2.05) is 12.1 Å². The molecular weight excluding hydrogens is 589 g/mol. The number of hydrogen-bond donors (Lipinski definition) is 2. The normalized spacial score (nSPS) is 20.5. The number of ether oxygens (including phenoxy) is 1. The summed E-state index contributed by atoms with van der Waals surface area (Å²) in [6.45, 7) is 3.69. The molecule has 15 heteroatoms. The van der Waals surface area contributed by atoms with Gasteiger partial charge in [-0.05, 0) is 56.3 Å². The molecule has 0 aliphatic carbocycles. The lowest BCUT2D eigenvalue weighted by molar-refractivity contribution is -0.141. The van der Waals surface area contributed by atoms with E-state index in [0.29, 0.717) is 41.2 Å². The molecule has 2 N–H and O–H groups in total. The van der Waals surface area contributed by atoms with E-state index in [2.05, 4.69) is 47.4 Å². The number of pyridine rings is 1. The van der Waals surface area contributed by atoms with Crippen molar-refractivity contribution < 1.29 is 22.7 Å². The topological polar surface area (TPSA) is 117 Å². The van der Waals surface area contributed by atoms with E-state index in [9.17, 15) is 18.0 Å². The Labute approximate surface area is 257 Å². The number of amides is 2. The van der Waals surface area contributed by atoms with Crippen molar-refractivity contribution in [2.45, 2.75) is 37.8 Å². The fourth-order valence-corrected chi connectivity index (χ4v) is 6.06. The first-order valence-electron chi connectivity index (χ1n) is 15.0. The van der Waals surface area contributed by atoms with Crippen molar-refractivity contribution in [1.29, 1.82) is 0 Å². The number of benzene rings is 1. The zero-order valence-electron chi connectivity index (χ0n) is 24.7. The molecule has 0 radical (unpaired) electrons. The van der Waals surface area contributed by atoms with Gasteiger partial charge in [0, 0.05) is 50.5 Å². The predicted octanol–water partition coefficient (Wildman–Crippen LogP) is 4.21. The summed E-state index contributed by atoms with van der Waals surface area (Å²) < 4.78 is 46.9. The largest absolute Gasteiger partial charge is 0.408 e. The van der Waals surface area contributed by atoms with Crippen LogP contribution in [0.1, 0.15) is 12.8 Å². The minimum absolute atomic E-state index is 0.0598. The van der Waals surface area contributed by atoms with Crippen molar-refractivity contribution in [1.82, 2.24) is 29.6 Å². The van der Waals surface area contributed by atoms with Gasteiger partial charge in [0.2, 0.25) is 0 Å². The Balaban J connectivity index is 1.07. The summed E-state index contributed by atoms with van der Waals surface area (Å²) >= 11 is 0. The molecule has 0 saturated carbocycles. The van der Waals surface area contributed by atoms with Crippen molar-refractivity contribution in [3.63, 3.8) is 0 Å². The number of morpholine rings is 1. The van der Waals surface area contributed by atoms with Crippen molar-refractivity contribution >= 4 is 40.1 Å². The Hall–Kier alpha value is -4.50. The van der Waals surface area contributed by atoms with Gasteiger partial charge >= 0.3 is 12.2 Å². The first-order valence-corrected chi connectivity index (χ1v) is 15.0.